The van der Waals surface area contributed by atoms with Crippen LogP contribution in [-0.2, 0) is 16.0 Å². The Morgan fingerprint density at radius 3 is 2.73 bits per heavy atom. The van der Waals surface area contributed by atoms with Crippen molar-refractivity contribution in [3.05, 3.63) is 54.1 Å². The van der Waals surface area contributed by atoms with Crippen LogP contribution in [0.1, 0.15) is 18.9 Å². The minimum Gasteiger partial charge on any atom is -0.324 e. The van der Waals surface area contributed by atoms with Crippen LogP contribution in [0.15, 0.2) is 48.5 Å². The molecule has 2 heterocycles. The molecule has 1 aliphatic rings. The van der Waals surface area contributed by atoms with Crippen molar-refractivity contribution in [2.75, 3.05) is 16.8 Å². The summed E-state index contributed by atoms with van der Waals surface area (Å²) in [6, 6.07) is 15.5. The third-order valence-electron chi connectivity index (χ3n) is 4.78. The quantitative estimate of drug-likeness (QED) is 0.760. The average Bonchev–Trinajstić information content (AvgIpc) is 3.24. The molecule has 6 nitrogen and oxygen atoms in total. The molecule has 2 aromatic carbocycles. The number of rotatable bonds is 4. The van der Waals surface area contributed by atoms with Crippen LogP contribution in [0.25, 0.3) is 11.0 Å². The maximum atomic E-state index is 12.6. The van der Waals surface area contributed by atoms with Gasteiger partial charge in [0, 0.05) is 18.7 Å². The molecular formula is C20H20N4O2. The molecule has 0 saturated carbocycles. The fourth-order valence-electron chi connectivity index (χ4n) is 3.28. The second-order valence-corrected chi connectivity index (χ2v) is 6.52. The van der Waals surface area contributed by atoms with Crippen molar-refractivity contribution in [1.82, 2.24) is 9.97 Å². The first-order valence-electron chi connectivity index (χ1n) is 8.79. The number of para-hydroxylation sites is 2. The zero-order chi connectivity index (χ0) is 18.1. The first kappa shape index (κ1) is 16.3. The summed E-state index contributed by atoms with van der Waals surface area (Å²) >= 11 is 0. The predicted octanol–water partition coefficient (Wildman–Crippen LogP) is 3.12. The van der Waals surface area contributed by atoms with Crippen LogP contribution in [-0.4, -0.2) is 28.3 Å². The van der Waals surface area contributed by atoms with Crippen molar-refractivity contribution in [3.8, 4) is 0 Å². The number of carbonyl (C=O) groups is 2. The van der Waals surface area contributed by atoms with Gasteiger partial charge in [0.25, 0.3) is 0 Å². The normalized spacial score (nSPS) is 17.0. The minimum absolute atomic E-state index is 0.0287. The number of aromatic amines is 1. The predicted molar refractivity (Wildman–Crippen MR) is 101 cm³/mol. The van der Waals surface area contributed by atoms with E-state index < -0.39 is 0 Å². The summed E-state index contributed by atoms with van der Waals surface area (Å²) in [5.74, 6) is -0.194. The number of nitrogens with one attached hydrogen (secondary N) is 2. The van der Waals surface area contributed by atoms with Crippen LogP contribution in [0.2, 0.25) is 0 Å². The number of aromatic nitrogens is 2. The molecule has 6 heteroatoms. The maximum absolute atomic E-state index is 12.6. The van der Waals surface area contributed by atoms with Gasteiger partial charge in [0.1, 0.15) is 0 Å². The third-order valence-corrected chi connectivity index (χ3v) is 4.78. The molecule has 2 N–H and O–H groups in total. The average molecular weight is 348 g/mol. The van der Waals surface area contributed by atoms with Gasteiger partial charge in [-0.3, -0.25) is 14.9 Å². The van der Waals surface area contributed by atoms with E-state index in [2.05, 4.69) is 22.2 Å². The molecule has 1 aromatic heterocycles. The van der Waals surface area contributed by atoms with Gasteiger partial charge in [-0.2, -0.15) is 0 Å². The number of hydrogen-bond donors (Lipinski definition) is 2. The summed E-state index contributed by atoms with van der Waals surface area (Å²) in [7, 11) is 0. The molecule has 1 aliphatic heterocycles. The van der Waals surface area contributed by atoms with Crippen LogP contribution in [0, 0.1) is 5.92 Å². The van der Waals surface area contributed by atoms with E-state index >= 15 is 0 Å². The number of benzene rings is 2. The third kappa shape index (κ3) is 3.06. The van der Waals surface area contributed by atoms with Crippen molar-refractivity contribution in [2.45, 2.75) is 19.8 Å². The molecule has 0 radical (unpaired) electrons. The van der Waals surface area contributed by atoms with Gasteiger partial charge < -0.3 is 9.88 Å². The highest BCUT2D eigenvalue weighted by atomic mass is 16.2. The molecule has 1 atom stereocenters. The van der Waals surface area contributed by atoms with E-state index in [0.29, 0.717) is 12.5 Å². The van der Waals surface area contributed by atoms with Gasteiger partial charge in [0.05, 0.1) is 17.0 Å². The van der Waals surface area contributed by atoms with Gasteiger partial charge in [0.15, 0.2) is 0 Å². The standard InChI is InChI=1S/C20H20N4O2/c1-2-13-7-9-15(10-8-13)24-12-14(11-18(24)25)19(26)23-20-21-16-5-3-4-6-17(16)22-20/h3-10,14H,2,11-12H2,1H3,(H2,21,22,23,26)/t14-/m1/s1. The smallest absolute Gasteiger partial charge is 0.232 e. The van der Waals surface area contributed by atoms with E-state index in [1.165, 1.54) is 5.56 Å². The highest BCUT2D eigenvalue weighted by Gasteiger charge is 2.35. The largest absolute Gasteiger partial charge is 0.324 e. The number of hydrogen-bond acceptors (Lipinski definition) is 3. The van der Waals surface area contributed by atoms with Gasteiger partial charge in [-0.1, -0.05) is 31.2 Å². The highest BCUT2D eigenvalue weighted by Crippen LogP contribution is 2.26. The molecule has 2 amide bonds. The Hall–Kier alpha value is -3.15. The number of amides is 2. The van der Waals surface area contributed by atoms with E-state index in [1.807, 2.05) is 48.5 Å². The Labute approximate surface area is 151 Å². The summed E-state index contributed by atoms with van der Waals surface area (Å²) in [6.07, 6.45) is 1.17. The monoisotopic (exact) mass is 348 g/mol. The molecular weight excluding hydrogens is 328 g/mol. The summed E-state index contributed by atoms with van der Waals surface area (Å²) in [5.41, 5.74) is 3.72. The van der Waals surface area contributed by atoms with Crippen LogP contribution in [0.3, 0.4) is 0 Å². The summed E-state index contributed by atoms with van der Waals surface area (Å²) in [4.78, 5) is 34.0. The second-order valence-electron chi connectivity index (χ2n) is 6.52. The fourth-order valence-corrected chi connectivity index (χ4v) is 3.28. The Morgan fingerprint density at radius 1 is 1.23 bits per heavy atom. The molecule has 1 fully saturated rings. The Balaban J connectivity index is 1.46. The number of imidazole rings is 1. The Kier molecular flexibility index (Phi) is 4.16. The fraction of sp³-hybridized carbons (Fsp3) is 0.250. The zero-order valence-electron chi connectivity index (χ0n) is 14.5. The lowest BCUT2D eigenvalue weighted by Gasteiger charge is -2.17. The highest BCUT2D eigenvalue weighted by molar-refractivity contribution is 6.03. The Bertz CT molecular complexity index is 928. The van der Waals surface area contributed by atoms with Crippen molar-refractivity contribution in [3.63, 3.8) is 0 Å². The van der Waals surface area contributed by atoms with E-state index in [1.54, 1.807) is 4.90 Å². The van der Waals surface area contributed by atoms with Gasteiger partial charge in [-0.15, -0.1) is 0 Å². The zero-order valence-corrected chi connectivity index (χ0v) is 14.5. The van der Waals surface area contributed by atoms with E-state index in [4.69, 9.17) is 0 Å². The molecule has 4 rings (SSSR count). The molecule has 0 bridgehead atoms. The first-order valence-corrected chi connectivity index (χ1v) is 8.79. The van der Waals surface area contributed by atoms with Crippen molar-refractivity contribution in [2.24, 2.45) is 5.92 Å². The summed E-state index contributed by atoms with van der Waals surface area (Å²) in [6.45, 7) is 2.48. The lowest BCUT2D eigenvalue weighted by molar-refractivity contribution is -0.122. The number of H-pyrrole nitrogens is 1. The van der Waals surface area contributed by atoms with Gasteiger partial charge >= 0.3 is 0 Å². The van der Waals surface area contributed by atoms with Crippen LogP contribution < -0.4 is 10.2 Å². The number of carbonyl (C=O) groups excluding carboxylic acids is 2. The molecule has 0 unspecified atom stereocenters. The SMILES string of the molecule is CCc1ccc(N2C[C@H](C(=O)Nc3nc4ccccc4[nH]3)CC2=O)cc1. The summed E-state index contributed by atoms with van der Waals surface area (Å²) in [5, 5.41) is 2.80. The lowest BCUT2D eigenvalue weighted by Crippen LogP contribution is -2.28. The molecule has 0 spiro atoms. The van der Waals surface area contributed by atoms with Crippen molar-refractivity contribution < 1.29 is 9.59 Å². The van der Waals surface area contributed by atoms with E-state index in [-0.39, 0.29) is 24.2 Å². The number of aryl methyl sites for hydroxylation is 1. The number of fused-ring (bicyclic) bond motifs is 1. The first-order chi connectivity index (χ1) is 12.6. The molecule has 3 aromatic rings. The number of nitrogens with zero attached hydrogens (tertiary/aromatic N) is 2. The van der Waals surface area contributed by atoms with Crippen LogP contribution in [0.5, 0.6) is 0 Å². The molecule has 26 heavy (non-hydrogen) atoms. The summed E-state index contributed by atoms with van der Waals surface area (Å²) < 4.78 is 0. The van der Waals surface area contributed by atoms with Gasteiger partial charge in [-0.25, -0.2) is 4.98 Å². The number of anilines is 2. The van der Waals surface area contributed by atoms with Crippen LogP contribution >= 0.6 is 0 Å². The van der Waals surface area contributed by atoms with E-state index in [9.17, 15) is 9.59 Å². The second kappa shape index (κ2) is 6.63. The molecule has 0 aliphatic carbocycles. The van der Waals surface area contributed by atoms with Crippen molar-refractivity contribution in [1.29, 1.82) is 0 Å². The molecule has 132 valence electrons. The lowest BCUT2D eigenvalue weighted by atomic mass is 10.1. The maximum Gasteiger partial charge on any atom is 0.232 e. The van der Waals surface area contributed by atoms with Gasteiger partial charge in [-0.05, 0) is 36.2 Å². The van der Waals surface area contributed by atoms with Crippen LogP contribution in [0.4, 0.5) is 11.6 Å². The minimum atomic E-state index is -0.387. The van der Waals surface area contributed by atoms with Gasteiger partial charge in [0.2, 0.25) is 17.8 Å². The van der Waals surface area contributed by atoms with Crippen molar-refractivity contribution >= 4 is 34.5 Å². The Morgan fingerprint density at radius 2 is 2.00 bits per heavy atom. The topological polar surface area (TPSA) is 78.1 Å². The molecule has 1 saturated heterocycles. The van der Waals surface area contributed by atoms with E-state index in [0.717, 1.165) is 23.1 Å².